The summed E-state index contributed by atoms with van der Waals surface area (Å²) in [5.74, 6) is -0.533. The van der Waals surface area contributed by atoms with Gasteiger partial charge in [-0.2, -0.15) is 15.6 Å². The van der Waals surface area contributed by atoms with Crippen LogP contribution in [0.15, 0.2) is 72.4 Å². The number of hydrogen-bond acceptors (Lipinski definition) is 5. The predicted molar refractivity (Wildman–Crippen MR) is 137 cm³/mol. The number of nitrogens with zero attached hydrogens (tertiary/aromatic N) is 4. The Labute approximate surface area is 207 Å². The van der Waals surface area contributed by atoms with Crippen molar-refractivity contribution in [2.45, 2.75) is 25.7 Å². The topological polar surface area (TPSA) is 94.5 Å². The van der Waals surface area contributed by atoms with Gasteiger partial charge in [0.15, 0.2) is 0 Å². The number of fused-ring (bicyclic) bond motifs is 1. The van der Waals surface area contributed by atoms with Crippen LogP contribution in [0, 0.1) is 22.7 Å². The van der Waals surface area contributed by atoms with Crippen LogP contribution < -0.4 is 5.32 Å². The number of nitriles is 2. The van der Waals surface area contributed by atoms with Crippen LogP contribution in [0.1, 0.15) is 34.4 Å². The van der Waals surface area contributed by atoms with Crippen molar-refractivity contribution in [1.82, 2.24) is 9.78 Å². The molecule has 0 aliphatic heterocycles. The summed E-state index contributed by atoms with van der Waals surface area (Å²) in [6.45, 7) is 0. The second-order valence-electron chi connectivity index (χ2n) is 8.23. The van der Waals surface area contributed by atoms with Crippen molar-refractivity contribution >= 4 is 28.3 Å². The summed E-state index contributed by atoms with van der Waals surface area (Å²) in [7, 11) is 0. The Morgan fingerprint density at radius 2 is 1.74 bits per heavy atom. The zero-order valence-electron chi connectivity index (χ0n) is 18.9. The van der Waals surface area contributed by atoms with Crippen molar-refractivity contribution in [3.63, 3.8) is 0 Å². The molecule has 0 unspecified atom stereocenters. The van der Waals surface area contributed by atoms with Crippen LogP contribution in [0.3, 0.4) is 0 Å². The molecule has 0 spiro atoms. The smallest absolute Gasteiger partial charge is 0.266 e. The van der Waals surface area contributed by atoms with E-state index in [-0.39, 0.29) is 5.57 Å². The Balaban J connectivity index is 1.52. The van der Waals surface area contributed by atoms with Crippen LogP contribution in [0.5, 0.6) is 0 Å². The van der Waals surface area contributed by atoms with Crippen LogP contribution in [0.25, 0.3) is 23.0 Å². The minimum Gasteiger partial charge on any atom is -0.312 e. The van der Waals surface area contributed by atoms with Gasteiger partial charge in [-0.1, -0.05) is 48.5 Å². The summed E-state index contributed by atoms with van der Waals surface area (Å²) < 4.78 is 1.74. The van der Waals surface area contributed by atoms with Crippen molar-refractivity contribution < 1.29 is 4.79 Å². The number of carbonyl (C=O) groups is 1. The molecular weight excluding hydrogens is 454 g/mol. The van der Waals surface area contributed by atoms with Crippen LogP contribution in [0.2, 0.25) is 0 Å². The van der Waals surface area contributed by atoms with Crippen LogP contribution in [-0.2, 0) is 17.6 Å². The second kappa shape index (κ2) is 9.80. The first kappa shape index (κ1) is 22.3. The number of para-hydroxylation sites is 1. The van der Waals surface area contributed by atoms with E-state index in [2.05, 4.69) is 11.4 Å². The molecule has 7 heteroatoms. The molecule has 170 valence electrons. The Bertz CT molecular complexity index is 1500. The Kier molecular flexibility index (Phi) is 6.26. The molecule has 0 saturated heterocycles. The molecule has 6 nitrogen and oxygen atoms in total. The lowest BCUT2D eigenvalue weighted by Gasteiger charge is -2.09. The molecule has 1 N–H and O–H groups in total. The SMILES string of the molecule is N#C/C(=C\c1cn(-c2ccccc2)nc1-c1ccccc1)C(=O)Nc1sc2c(c1C#N)CCCC2. The van der Waals surface area contributed by atoms with Crippen molar-refractivity contribution in [2.75, 3.05) is 5.32 Å². The van der Waals surface area contributed by atoms with Gasteiger partial charge in [-0.25, -0.2) is 4.68 Å². The number of amides is 1. The fraction of sp³-hybridized carbons (Fsp3) is 0.143. The van der Waals surface area contributed by atoms with Gasteiger partial charge in [0.05, 0.1) is 16.9 Å². The quantitative estimate of drug-likeness (QED) is 0.287. The molecular formula is C28H21N5OS. The molecule has 0 bridgehead atoms. The first-order valence-electron chi connectivity index (χ1n) is 11.4. The Hall–Kier alpha value is -4.46. The van der Waals surface area contributed by atoms with Gasteiger partial charge in [-0.15, -0.1) is 11.3 Å². The summed E-state index contributed by atoms with van der Waals surface area (Å²) in [4.78, 5) is 14.3. The van der Waals surface area contributed by atoms with Gasteiger partial charge in [0, 0.05) is 22.2 Å². The third kappa shape index (κ3) is 4.50. The van der Waals surface area contributed by atoms with Gasteiger partial charge in [0.25, 0.3) is 5.91 Å². The number of anilines is 1. The van der Waals surface area contributed by atoms with Crippen LogP contribution in [0.4, 0.5) is 5.00 Å². The van der Waals surface area contributed by atoms with Crippen molar-refractivity contribution in [3.8, 4) is 29.1 Å². The number of carbonyl (C=O) groups excluding carboxylic acids is 1. The number of nitrogens with one attached hydrogen (secondary N) is 1. The molecule has 0 radical (unpaired) electrons. The standard InChI is InChI=1S/C28H21N5OS/c29-16-20(27(34)31-28-24(17-30)23-13-7-8-14-25(23)35-28)15-21-18-33(22-11-5-2-6-12-22)32-26(21)19-9-3-1-4-10-19/h1-6,9-12,15,18H,7-8,13-14H2,(H,31,34)/b20-15+. The maximum atomic E-state index is 13.1. The second-order valence-corrected chi connectivity index (χ2v) is 9.34. The predicted octanol–water partition coefficient (Wildman–Crippen LogP) is 5.90. The lowest BCUT2D eigenvalue weighted by atomic mass is 9.96. The van der Waals surface area contributed by atoms with E-state index in [4.69, 9.17) is 5.10 Å². The average Bonchev–Trinajstić information content (AvgIpc) is 3.49. The third-order valence-corrected chi connectivity index (χ3v) is 7.19. The summed E-state index contributed by atoms with van der Waals surface area (Å²) in [6, 6.07) is 23.6. The highest BCUT2D eigenvalue weighted by Gasteiger charge is 2.23. The van der Waals surface area contributed by atoms with Gasteiger partial charge in [0.1, 0.15) is 22.7 Å². The average molecular weight is 476 g/mol. The molecule has 2 heterocycles. The van der Waals surface area contributed by atoms with Crippen LogP contribution >= 0.6 is 11.3 Å². The van der Waals surface area contributed by atoms with Gasteiger partial charge < -0.3 is 5.32 Å². The van der Waals surface area contributed by atoms with E-state index in [1.165, 1.54) is 11.3 Å². The Morgan fingerprint density at radius 1 is 1.03 bits per heavy atom. The molecule has 4 aromatic rings. The van der Waals surface area contributed by atoms with Gasteiger partial charge in [-0.05, 0) is 49.5 Å². The fourth-order valence-electron chi connectivity index (χ4n) is 4.27. The summed E-state index contributed by atoms with van der Waals surface area (Å²) in [5, 5.41) is 27.6. The Morgan fingerprint density at radius 3 is 2.46 bits per heavy atom. The van der Waals surface area contributed by atoms with Crippen molar-refractivity contribution in [3.05, 3.63) is 94.0 Å². The molecule has 35 heavy (non-hydrogen) atoms. The molecule has 2 aromatic carbocycles. The van der Waals surface area contributed by atoms with Crippen LogP contribution in [-0.4, -0.2) is 15.7 Å². The zero-order chi connectivity index (χ0) is 24.2. The molecule has 5 rings (SSSR count). The lowest BCUT2D eigenvalue weighted by Crippen LogP contribution is -2.13. The molecule has 2 aromatic heterocycles. The number of thiophene rings is 1. The number of hydrogen-bond donors (Lipinski definition) is 1. The molecule has 0 saturated carbocycles. The van der Waals surface area contributed by atoms with E-state index in [9.17, 15) is 15.3 Å². The van der Waals surface area contributed by atoms with E-state index < -0.39 is 5.91 Å². The number of aromatic nitrogens is 2. The van der Waals surface area contributed by atoms with Crippen molar-refractivity contribution in [2.24, 2.45) is 0 Å². The van der Waals surface area contributed by atoms with Gasteiger partial charge in [-0.3, -0.25) is 4.79 Å². The molecule has 0 fully saturated rings. The first-order valence-corrected chi connectivity index (χ1v) is 12.2. The molecule has 1 aliphatic carbocycles. The lowest BCUT2D eigenvalue weighted by molar-refractivity contribution is -0.112. The summed E-state index contributed by atoms with van der Waals surface area (Å²) in [5.41, 5.74) is 4.58. The maximum absolute atomic E-state index is 13.1. The first-order chi connectivity index (χ1) is 17.2. The van der Waals surface area contributed by atoms with E-state index in [0.717, 1.165) is 47.4 Å². The normalized spacial score (nSPS) is 12.9. The highest BCUT2D eigenvalue weighted by molar-refractivity contribution is 7.16. The number of benzene rings is 2. The zero-order valence-corrected chi connectivity index (χ0v) is 19.7. The largest absolute Gasteiger partial charge is 0.312 e. The van der Waals surface area contributed by atoms with Gasteiger partial charge >= 0.3 is 0 Å². The van der Waals surface area contributed by atoms with Gasteiger partial charge in [0.2, 0.25) is 0 Å². The summed E-state index contributed by atoms with van der Waals surface area (Å²) in [6.07, 6.45) is 7.28. The maximum Gasteiger partial charge on any atom is 0.266 e. The third-order valence-electron chi connectivity index (χ3n) is 5.99. The molecule has 0 atom stereocenters. The number of aryl methyl sites for hydroxylation is 1. The van der Waals surface area contributed by atoms with E-state index >= 15 is 0 Å². The van der Waals surface area contributed by atoms with E-state index in [1.54, 1.807) is 10.8 Å². The van der Waals surface area contributed by atoms with E-state index in [1.807, 2.05) is 72.9 Å². The highest BCUT2D eigenvalue weighted by atomic mass is 32.1. The fourth-order valence-corrected chi connectivity index (χ4v) is 5.51. The number of rotatable bonds is 5. The van der Waals surface area contributed by atoms with E-state index in [0.29, 0.717) is 21.8 Å². The minimum atomic E-state index is -0.533. The monoisotopic (exact) mass is 475 g/mol. The van der Waals surface area contributed by atoms with Crippen molar-refractivity contribution in [1.29, 1.82) is 10.5 Å². The highest BCUT2D eigenvalue weighted by Crippen LogP contribution is 2.38. The molecule has 1 aliphatic rings. The summed E-state index contributed by atoms with van der Waals surface area (Å²) >= 11 is 1.44. The minimum absolute atomic E-state index is 0.0509. The molecule has 1 amide bonds.